The molecule has 7 nitrogen and oxygen atoms in total. The van der Waals surface area contributed by atoms with Gasteiger partial charge in [-0.25, -0.2) is 5.43 Å². The van der Waals surface area contributed by atoms with Crippen LogP contribution in [-0.2, 0) is 16.1 Å². The molecule has 0 spiro atoms. The van der Waals surface area contributed by atoms with E-state index in [9.17, 15) is 9.59 Å². The summed E-state index contributed by atoms with van der Waals surface area (Å²) in [4.78, 5) is 27.3. The monoisotopic (exact) mass is 312 g/mol. The Morgan fingerprint density at radius 2 is 1.96 bits per heavy atom. The van der Waals surface area contributed by atoms with E-state index in [2.05, 4.69) is 20.8 Å². The SMILES string of the molecule is COc1ccccc1/C=N\NC(=O)C(=O)NCc1ccccn1. The zero-order valence-corrected chi connectivity index (χ0v) is 12.5. The number of hydrazone groups is 1. The second kappa shape index (κ2) is 8.28. The molecule has 118 valence electrons. The Morgan fingerprint density at radius 1 is 1.17 bits per heavy atom. The minimum atomic E-state index is -0.855. The van der Waals surface area contributed by atoms with Gasteiger partial charge in [0, 0.05) is 11.8 Å². The van der Waals surface area contributed by atoms with E-state index in [0.29, 0.717) is 17.0 Å². The van der Waals surface area contributed by atoms with Crippen molar-refractivity contribution in [2.45, 2.75) is 6.54 Å². The predicted octanol–water partition coefficient (Wildman–Crippen LogP) is 0.857. The number of nitrogens with zero attached hydrogens (tertiary/aromatic N) is 2. The van der Waals surface area contributed by atoms with Gasteiger partial charge in [-0.3, -0.25) is 14.6 Å². The summed E-state index contributed by atoms with van der Waals surface area (Å²) in [6.07, 6.45) is 3.02. The quantitative estimate of drug-likeness (QED) is 0.486. The predicted molar refractivity (Wildman–Crippen MR) is 84.8 cm³/mol. The smallest absolute Gasteiger partial charge is 0.329 e. The van der Waals surface area contributed by atoms with Gasteiger partial charge in [-0.2, -0.15) is 5.10 Å². The van der Waals surface area contributed by atoms with Gasteiger partial charge in [-0.05, 0) is 24.3 Å². The lowest BCUT2D eigenvalue weighted by molar-refractivity contribution is -0.139. The Kier molecular flexibility index (Phi) is 5.81. The third kappa shape index (κ3) is 4.92. The molecule has 0 fully saturated rings. The molecule has 2 amide bonds. The van der Waals surface area contributed by atoms with Gasteiger partial charge in [0.05, 0.1) is 25.6 Å². The summed E-state index contributed by atoms with van der Waals surface area (Å²) >= 11 is 0. The van der Waals surface area contributed by atoms with Crippen molar-refractivity contribution >= 4 is 18.0 Å². The molecular formula is C16H16N4O3. The summed E-state index contributed by atoms with van der Waals surface area (Å²) in [5, 5.41) is 6.20. The third-order valence-electron chi connectivity index (χ3n) is 2.87. The van der Waals surface area contributed by atoms with Crippen molar-refractivity contribution in [1.82, 2.24) is 15.7 Å². The summed E-state index contributed by atoms with van der Waals surface area (Å²) in [6.45, 7) is 0.170. The van der Waals surface area contributed by atoms with Crippen molar-refractivity contribution < 1.29 is 14.3 Å². The van der Waals surface area contributed by atoms with Crippen LogP contribution in [0.15, 0.2) is 53.8 Å². The maximum atomic E-state index is 11.6. The average molecular weight is 312 g/mol. The van der Waals surface area contributed by atoms with E-state index < -0.39 is 11.8 Å². The van der Waals surface area contributed by atoms with Gasteiger partial charge < -0.3 is 10.1 Å². The molecule has 0 bridgehead atoms. The lowest BCUT2D eigenvalue weighted by Crippen LogP contribution is -2.37. The van der Waals surface area contributed by atoms with Gasteiger partial charge in [0.25, 0.3) is 0 Å². The lowest BCUT2D eigenvalue weighted by atomic mass is 10.2. The van der Waals surface area contributed by atoms with Crippen LogP contribution in [0.5, 0.6) is 5.75 Å². The fourth-order valence-electron chi connectivity index (χ4n) is 1.74. The molecule has 2 N–H and O–H groups in total. The number of para-hydroxylation sites is 1. The summed E-state index contributed by atoms with van der Waals surface area (Å²) < 4.78 is 5.15. The molecule has 0 radical (unpaired) electrons. The number of ether oxygens (including phenoxy) is 1. The first-order chi connectivity index (χ1) is 11.2. The van der Waals surface area contributed by atoms with Gasteiger partial charge in [0.2, 0.25) is 0 Å². The number of pyridine rings is 1. The van der Waals surface area contributed by atoms with E-state index in [1.54, 1.807) is 36.5 Å². The van der Waals surface area contributed by atoms with Crippen LogP contribution in [0.2, 0.25) is 0 Å². The molecule has 7 heteroatoms. The van der Waals surface area contributed by atoms with Crippen molar-refractivity contribution in [3.63, 3.8) is 0 Å². The number of carbonyl (C=O) groups is 2. The van der Waals surface area contributed by atoms with Crippen LogP contribution in [0.25, 0.3) is 0 Å². The van der Waals surface area contributed by atoms with Gasteiger partial charge in [-0.1, -0.05) is 18.2 Å². The largest absolute Gasteiger partial charge is 0.496 e. The molecule has 0 atom stereocenters. The molecule has 1 heterocycles. The molecular weight excluding hydrogens is 296 g/mol. The summed E-state index contributed by atoms with van der Waals surface area (Å²) in [5.74, 6) is -1.02. The standard InChI is InChI=1S/C16H16N4O3/c1-23-14-8-3-2-6-12(14)10-19-20-16(22)15(21)18-11-13-7-4-5-9-17-13/h2-10H,11H2,1H3,(H,18,21)(H,20,22)/b19-10-. The van der Waals surface area contributed by atoms with E-state index in [-0.39, 0.29) is 6.54 Å². The van der Waals surface area contributed by atoms with Gasteiger partial charge >= 0.3 is 11.8 Å². The first kappa shape index (κ1) is 16.2. The lowest BCUT2D eigenvalue weighted by Gasteiger charge is -2.04. The topological polar surface area (TPSA) is 92.7 Å². The number of hydrogen-bond donors (Lipinski definition) is 2. The summed E-state index contributed by atoms with van der Waals surface area (Å²) in [7, 11) is 1.54. The zero-order valence-electron chi connectivity index (χ0n) is 12.5. The van der Waals surface area contributed by atoms with Crippen LogP contribution >= 0.6 is 0 Å². The maximum absolute atomic E-state index is 11.6. The molecule has 2 rings (SSSR count). The van der Waals surface area contributed by atoms with Crippen molar-refractivity contribution in [1.29, 1.82) is 0 Å². The Balaban J connectivity index is 1.84. The number of rotatable bonds is 5. The average Bonchev–Trinajstić information content (AvgIpc) is 2.60. The van der Waals surface area contributed by atoms with Crippen LogP contribution in [0.1, 0.15) is 11.3 Å². The normalized spacial score (nSPS) is 10.3. The Morgan fingerprint density at radius 3 is 2.70 bits per heavy atom. The summed E-state index contributed by atoms with van der Waals surface area (Å²) in [5.41, 5.74) is 3.50. The molecule has 0 saturated carbocycles. The zero-order chi connectivity index (χ0) is 16.5. The van der Waals surface area contributed by atoms with E-state index in [4.69, 9.17) is 4.74 Å². The van der Waals surface area contributed by atoms with Crippen molar-refractivity contribution in [3.8, 4) is 5.75 Å². The van der Waals surface area contributed by atoms with Crippen LogP contribution in [-0.4, -0.2) is 30.1 Å². The van der Waals surface area contributed by atoms with Crippen LogP contribution in [0, 0.1) is 0 Å². The first-order valence-electron chi connectivity index (χ1n) is 6.85. The number of nitrogens with one attached hydrogen (secondary N) is 2. The van der Waals surface area contributed by atoms with E-state index >= 15 is 0 Å². The number of amides is 2. The molecule has 0 unspecified atom stereocenters. The highest BCUT2D eigenvalue weighted by Gasteiger charge is 2.12. The van der Waals surface area contributed by atoms with Crippen LogP contribution in [0.3, 0.4) is 0 Å². The van der Waals surface area contributed by atoms with E-state index in [1.807, 2.05) is 12.1 Å². The second-order valence-corrected chi connectivity index (χ2v) is 4.44. The van der Waals surface area contributed by atoms with Crippen molar-refractivity contribution in [2.75, 3.05) is 7.11 Å². The maximum Gasteiger partial charge on any atom is 0.329 e. The Bertz CT molecular complexity index is 701. The highest BCUT2D eigenvalue weighted by atomic mass is 16.5. The molecule has 23 heavy (non-hydrogen) atoms. The highest BCUT2D eigenvalue weighted by Crippen LogP contribution is 2.14. The number of hydrogen-bond acceptors (Lipinski definition) is 5. The number of benzene rings is 1. The molecule has 0 aliphatic rings. The van der Waals surface area contributed by atoms with E-state index in [0.717, 1.165) is 0 Å². The van der Waals surface area contributed by atoms with Crippen molar-refractivity contribution in [2.24, 2.45) is 5.10 Å². The minimum absolute atomic E-state index is 0.170. The first-order valence-corrected chi connectivity index (χ1v) is 6.85. The second-order valence-electron chi connectivity index (χ2n) is 4.44. The van der Waals surface area contributed by atoms with Crippen molar-refractivity contribution in [3.05, 3.63) is 59.9 Å². The number of carbonyl (C=O) groups excluding carboxylic acids is 2. The molecule has 0 saturated heterocycles. The fraction of sp³-hybridized carbons (Fsp3) is 0.125. The fourth-order valence-corrected chi connectivity index (χ4v) is 1.74. The van der Waals surface area contributed by atoms with Crippen LogP contribution in [0.4, 0.5) is 0 Å². The third-order valence-corrected chi connectivity index (χ3v) is 2.87. The molecule has 1 aromatic heterocycles. The molecule has 2 aromatic rings. The number of aromatic nitrogens is 1. The summed E-state index contributed by atoms with van der Waals surface area (Å²) in [6, 6.07) is 12.5. The van der Waals surface area contributed by atoms with Gasteiger partial charge in [0.1, 0.15) is 5.75 Å². The van der Waals surface area contributed by atoms with Gasteiger partial charge in [0.15, 0.2) is 0 Å². The minimum Gasteiger partial charge on any atom is -0.496 e. The van der Waals surface area contributed by atoms with Gasteiger partial charge in [-0.15, -0.1) is 0 Å². The van der Waals surface area contributed by atoms with Crippen LogP contribution < -0.4 is 15.5 Å². The Hall–Kier alpha value is -3.22. The molecule has 0 aliphatic carbocycles. The highest BCUT2D eigenvalue weighted by molar-refractivity contribution is 6.35. The molecule has 1 aromatic carbocycles. The van der Waals surface area contributed by atoms with E-state index in [1.165, 1.54) is 13.3 Å². The molecule has 0 aliphatic heterocycles. The number of methoxy groups -OCH3 is 1. The Labute approximate surface area is 133 Å².